The number of amides is 1. The van der Waals surface area contributed by atoms with E-state index in [1.165, 1.54) is 5.56 Å². The number of hydrogen-bond acceptors (Lipinski definition) is 7. The van der Waals surface area contributed by atoms with Crippen molar-refractivity contribution in [2.75, 3.05) is 39.0 Å². The summed E-state index contributed by atoms with van der Waals surface area (Å²) < 4.78 is 0. The van der Waals surface area contributed by atoms with Gasteiger partial charge in [0.15, 0.2) is 0 Å². The van der Waals surface area contributed by atoms with Crippen molar-refractivity contribution < 1.29 is 9.63 Å². The van der Waals surface area contributed by atoms with Crippen LogP contribution < -0.4 is 5.73 Å². The SMILES string of the molecule is CON=C(CC1CCN(C(=O)C2CCN(Cc3ccnc(N)c3)CC2)CC1)c1ccccn1. The number of oxime groups is 1. The van der Waals surface area contributed by atoms with E-state index in [4.69, 9.17) is 10.6 Å². The molecule has 1 amide bonds. The third-order valence-electron chi connectivity index (χ3n) is 6.76. The van der Waals surface area contributed by atoms with Crippen LogP contribution in [0.5, 0.6) is 0 Å². The van der Waals surface area contributed by atoms with Crippen LogP contribution >= 0.6 is 0 Å². The van der Waals surface area contributed by atoms with E-state index in [0.29, 0.717) is 17.6 Å². The lowest BCUT2D eigenvalue weighted by atomic mass is 9.88. The Morgan fingerprint density at radius 2 is 1.88 bits per heavy atom. The fourth-order valence-corrected chi connectivity index (χ4v) is 4.91. The Bertz CT molecular complexity index is 935. The molecule has 4 rings (SSSR count). The smallest absolute Gasteiger partial charge is 0.225 e. The summed E-state index contributed by atoms with van der Waals surface area (Å²) in [6.45, 7) is 4.39. The van der Waals surface area contributed by atoms with Gasteiger partial charge >= 0.3 is 0 Å². The van der Waals surface area contributed by atoms with Crippen LogP contribution in [0.4, 0.5) is 5.82 Å². The standard InChI is InChI=1S/C25H34N6O2/c1-33-29-23(22-4-2-3-10-27-22)16-19-6-14-31(15-7-19)25(32)21-8-12-30(13-9-21)18-20-5-11-28-24(26)17-20/h2-5,10-11,17,19,21H,6-9,12-16,18H2,1H3,(H2,26,28). The van der Waals surface area contributed by atoms with Crippen molar-refractivity contribution in [3.8, 4) is 0 Å². The van der Waals surface area contributed by atoms with Crippen LogP contribution in [-0.4, -0.2) is 64.7 Å². The minimum atomic E-state index is 0.138. The molecule has 2 aliphatic rings. The number of hydrogen-bond donors (Lipinski definition) is 1. The zero-order valence-corrected chi connectivity index (χ0v) is 19.4. The lowest BCUT2D eigenvalue weighted by Crippen LogP contribution is -2.45. The number of piperidine rings is 2. The van der Waals surface area contributed by atoms with Crippen molar-refractivity contribution in [2.45, 2.75) is 38.6 Å². The first-order chi connectivity index (χ1) is 16.1. The average Bonchev–Trinajstić information content (AvgIpc) is 2.85. The Hall–Kier alpha value is -3.00. The second-order valence-corrected chi connectivity index (χ2v) is 9.05. The topological polar surface area (TPSA) is 96.9 Å². The lowest BCUT2D eigenvalue weighted by molar-refractivity contribution is -0.138. The molecule has 2 N–H and O–H groups in total. The summed E-state index contributed by atoms with van der Waals surface area (Å²) in [6, 6.07) is 9.77. The molecule has 8 nitrogen and oxygen atoms in total. The summed E-state index contributed by atoms with van der Waals surface area (Å²) in [5.41, 5.74) is 8.71. The van der Waals surface area contributed by atoms with E-state index >= 15 is 0 Å². The van der Waals surface area contributed by atoms with Gasteiger partial charge < -0.3 is 15.5 Å². The minimum Gasteiger partial charge on any atom is -0.399 e. The van der Waals surface area contributed by atoms with Crippen LogP contribution in [0.2, 0.25) is 0 Å². The first kappa shape index (κ1) is 23.2. The van der Waals surface area contributed by atoms with Crippen LogP contribution in [0.1, 0.15) is 43.4 Å². The van der Waals surface area contributed by atoms with E-state index in [1.807, 2.05) is 30.3 Å². The fraction of sp³-hybridized carbons (Fsp3) is 0.520. The van der Waals surface area contributed by atoms with Crippen molar-refractivity contribution in [2.24, 2.45) is 17.0 Å². The third-order valence-corrected chi connectivity index (χ3v) is 6.76. The Labute approximate surface area is 195 Å². The molecule has 0 aromatic carbocycles. The number of rotatable bonds is 7. The van der Waals surface area contributed by atoms with Gasteiger partial charge in [-0.3, -0.25) is 14.7 Å². The molecule has 0 spiro atoms. The largest absolute Gasteiger partial charge is 0.399 e. The van der Waals surface area contributed by atoms with Crippen molar-refractivity contribution >= 4 is 17.4 Å². The molecule has 2 aromatic heterocycles. The zero-order valence-electron chi connectivity index (χ0n) is 19.4. The summed E-state index contributed by atoms with van der Waals surface area (Å²) in [5, 5.41) is 4.22. The maximum absolute atomic E-state index is 13.1. The van der Waals surface area contributed by atoms with Gasteiger partial charge in [0.25, 0.3) is 0 Å². The van der Waals surface area contributed by atoms with Crippen molar-refractivity contribution in [1.29, 1.82) is 0 Å². The van der Waals surface area contributed by atoms with E-state index in [9.17, 15) is 4.79 Å². The first-order valence-electron chi connectivity index (χ1n) is 11.9. The Balaban J connectivity index is 1.23. The molecule has 0 radical (unpaired) electrons. The molecule has 4 heterocycles. The summed E-state index contributed by atoms with van der Waals surface area (Å²) in [7, 11) is 1.57. The highest BCUT2D eigenvalue weighted by Gasteiger charge is 2.31. The van der Waals surface area contributed by atoms with Gasteiger partial charge in [-0.2, -0.15) is 0 Å². The molecule has 0 bridgehead atoms. The highest BCUT2D eigenvalue weighted by atomic mass is 16.6. The highest BCUT2D eigenvalue weighted by Crippen LogP contribution is 2.27. The fourth-order valence-electron chi connectivity index (χ4n) is 4.91. The number of pyridine rings is 2. The Morgan fingerprint density at radius 3 is 2.55 bits per heavy atom. The quantitative estimate of drug-likeness (QED) is 0.515. The van der Waals surface area contributed by atoms with Gasteiger partial charge in [-0.1, -0.05) is 11.2 Å². The van der Waals surface area contributed by atoms with Crippen LogP contribution in [0.3, 0.4) is 0 Å². The number of likely N-dealkylation sites (tertiary alicyclic amines) is 2. The van der Waals surface area contributed by atoms with Crippen LogP contribution in [0, 0.1) is 11.8 Å². The van der Waals surface area contributed by atoms with Crippen molar-refractivity contribution in [1.82, 2.24) is 19.8 Å². The molecule has 2 aliphatic heterocycles. The van der Waals surface area contributed by atoms with E-state index in [2.05, 4.69) is 24.9 Å². The number of nitrogens with two attached hydrogens (primary N) is 1. The first-order valence-corrected chi connectivity index (χ1v) is 11.9. The number of nitrogen functional groups attached to an aromatic ring is 1. The summed E-state index contributed by atoms with van der Waals surface area (Å²) in [6.07, 6.45) is 8.18. The van der Waals surface area contributed by atoms with Gasteiger partial charge in [-0.15, -0.1) is 0 Å². The number of carbonyl (C=O) groups is 1. The predicted molar refractivity (Wildman–Crippen MR) is 128 cm³/mol. The molecule has 2 saturated heterocycles. The number of nitrogens with zero attached hydrogens (tertiary/aromatic N) is 5. The maximum Gasteiger partial charge on any atom is 0.225 e. The Kier molecular flexibility index (Phi) is 7.88. The maximum atomic E-state index is 13.1. The molecule has 8 heteroatoms. The predicted octanol–water partition coefficient (Wildman–Crippen LogP) is 2.95. The molecule has 0 unspecified atom stereocenters. The number of aromatic nitrogens is 2. The average molecular weight is 451 g/mol. The lowest BCUT2D eigenvalue weighted by Gasteiger charge is -2.37. The highest BCUT2D eigenvalue weighted by molar-refractivity contribution is 5.98. The molecular formula is C25H34N6O2. The van der Waals surface area contributed by atoms with Gasteiger partial charge in [-0.05, 0) is 80.9 Å². The van der Waals surface area contributed by atoms with E-state index in [0.717, 1.165) is 76.2 Å². The van der Waals surface area contributed by atoms with E-state index in [-0.39, 0.29) is 5.92 Å². The molecule has 176 valence electrons. The molecule has 2 fully saturated rings. The summed E-state index contributed by atoms with van der Waals surface area (Å²) in [4.78, 5) is 31.2. The molecule has 0 aliphatic carbocycles. The van der Waals surface area contributed by atoms with E-state index < -0.39 is 0 Å². The van der Waals surface area contributed by atoms with Crippen LogP contribution in [0.15, 0.2) is 47.9 Å². The van der Waals surface area contributed by atoms with E-state index in [1.54, 1.807) is 19.5 Å². The van der Waals surface area contributed by atoms with Crippen molar-refractivity contribution in [3.63, 3.8) is 0 Å². The molecule has 2 aromatic rings. The molecular weight excluding hydrogens is 416 g/mol. The van der Waals surface area contributed by atoms with Gasteiger partial charge in [0.05, 0.1) is 5.69 Å². The number of anilines is 1. The summed E-state index contributed by atoms with van der Waals surface area (Å²) in [5.74, 6) is 1.51. The van der Waals surface area contributed by atoms with Crippen LogP contribution in [-0.2, 0) is 16.2 Å². The monoisotopic (exact) mass is 450 g/mol. The van der Waals surface area contributed by atoms with Crippen molar-refractivity contribution in [3.05, 3.63) is 54.0 Å². The minimum absolute atomic E-state index is 0.138. The summed E-state index contributed by atoms with van der Waals surface area (Å²) >= 11 is 0. The molecule has 0 saturated carbocycles. The number of carbonyl (C=O) groups excluding carboxylic acids is 1. The van der Waals surface area contributed by atoms with Gasteiger partial charge in [0.2, 0.25) is 5.91 Å². The van der Waals surface area contributed by atoms with Gasteiger partial charge in [0.1, 0.15) is 18.6 Å². The third kappa shape index (κ3) is 6.28. The molecule has 0 atom stereocenters. The van der Waals surface area contributed by atoms with Gasteiger partial charge in [-0.25, -0.2) is 4.98 Å². The Morgan fingerprint density at radius 1 is 1.09 bits per heavy atom. The second-order valence-electron chi connectivity index (χ2n) is 9.05. The van der Waals surface area contributed by atoms with Gasteiger partial charge in [0, 0.05) is 37.9 Å². The normalized spacial score (nSPS) is 18.9. The molecule has 33 heavy (non-hydrogen) atoms. The zero-order chi connectivity index (χ0) is 23.0. The van der Waals surface area contributed by atoms with Crippen LogP contribution in [0.25, 0.3) is 0 Å². The second kappa shape index (κ2) is 11.2.